The monoisotopic (exact) mass is 708 g/mol. The van der Waals surface area contributed by atoms with E-state index in [4.69, 9.17) is 16.4 Å². The first-order valence-corrected chi connectivity index (χ1v) is 16.4. The Balaban J connectivity index is 1.30. The molecule has 2 aliphatic heterocycles. The zero-order valence-electron chi connectivity index (χ0n) is 24.6. The first-order chi connectivity index (χ1) is 22.2. The highest BCUT2D eigenvalue weighted by molar-refractivity contribution is 8.00. The number of hydrogen-bond acceptors (Lipinski definition) is 16. The van der Waals surface area contributed by atoms with Crippen LogP contribution in [0.5, 0.6) is 0 Å². The average Bonchev–Trinajstić information content (AvgIpc) is 3.67. The van der Waals surface area contributed by atoms with Crippen molar-refractivity contribution in [2.24, 2.45) is 16.4 Å². The third kappa shape index (κ3) is 6.41. The number of aliphatic carboxylic acids is 1. The van der Waals surface area contributed by atoms with Gasteiger partial charge < -0.3 is 36.1 Å². The number of anilines is 1. The van der Waals surface area contributed by atoms with Gasteiger partial charge in [-0.15, -0.1) is 34.9 Å². The Morgan fingerprint density at radius 2 is 2.02 bits per heavy atom. The highest BCUT2D eigenvalue weighted by atomic mass is 32.2. The van der Waals surface area contributed by atoms with Crippen molar-refractivity contribution in [1.82, 2.24) is 35.2 Å². The topological polar surface area (TPSA) is 290 Å². The van der Waals surface area contributed by atoms with Gasteiger partial charge in [0.25, 0.3) is 11.8 Å². The maximum atomic E-state index is 13.4. The lowest BCUT2D eigenvalue weighted by atomic mass is 9.89. The van der Waals surface area contributed by atoms with Gasteiger partial charge in [0.2, 0.25) is 11.5 Å². The number of amides is 3. The maximum Gasteiger partial charge on any atom is 0.341 e. The van der Waals surface area contributed by atoms with E-state index in [0.29, 0.717) is 0 Å². The van der Waals surface area contributed by atoms with E-state index in [0.717, 1.165) is 41.1 Å². The number of carboxylic acids is 2. The fourth-order valence-electron chi connectivity index (χ4n) is 4.64. The molecular formula is C25H28N10O9S3. The van der Waals surface area contributed by atoms with Crippen LogP contribution in [0.25, 0.3) is 5.65 Å². The second-order valence-corrected chi connectivity index (χ2v) is 13.9. The lowest BCUT2D eigenvalue weighted by molar-refractivity contribution is -0.157. The maximum absolute atomic E-state index is 13.4. The van der Waals surface area contributed by atoms with Crippen LogP contribution in [0.2, 0.25) is 0 Å². The van der Waals surface area contributed by atoms with Crippen LogP contribution in [-0.4, -0.2) is 110 Å². The van der Waals surface area contributed by atoms with Gasteiger partial charge in [-0.05, 0) is 19.9 Å². The number of aliphatic hydroxyl groups excluding tert-OH is 1. The van der Waals surface area contributed by atoms with Crippen LogP contribution in [0, 0.1) is 5.41 Å². The van der Waals surface area contributed by atoms with Crippen molar-refractivity contribution in [1.29, 1.82) is 0 Å². The number of oxime groups is 1. The predicted molar refractivity (Wildman–Crippen MR) is 167 cm³/mol. The van der Waals surface area contributed by atoms with E-state index in [9.17, 15) is 39.3 Å². The molecule has 250 valence electrons. The minimum atomic E-state index is -1.57. The van der Waals surface area contributed by atoms with Crippen molar-refractivity contribution < 1.29 is 44.1 Å². The van der Waals surface area contributed by atoms with E-state index in [2.05, 4.69) is 25.5 Å². The highest BCUT2D eigenvalue weighted by Crippen LogP contribution is 2.44. The van der Waals surface area contributed by atoms with Crippen LogP contribution in [-0.2, 0) is 30.6 Å². The molecule has 9 N–H and O–H groups in total. The van der Waals surface area contributed by atoms with Crippen LogP contribution < -0.4 is 22.3 Å². The number of fused-ring (bicyclic) bond motifs is 2. The van der Waals surface area contributed by atoms with Gasteiger partial charge in [0.1, 0.15) is 33.1 Å². The number of β-lactam (4-membered cyclic amide) rings is 1. The normalized spacial score (nSPS) is 21.1. The SMILES string of the molecule is CC(C)(ON=C(C(=O)NC1C(=O)N2CC(CSc3cc(CO)n4ncc(C(=O)O)c4n3)(C(=O)O)CS[C@H]12)c1csc(N)n1)C(=O)NN. The van der Waals surface area contributed by atoms with E-state index in [-0.39, 0.29) is 56.5 Å². The lowest BCUT2D eigenvalue weighted by Crippen LogP contribution is -2.74. The van der Waals surface area contributed by atoms with Crippen LogP contribution in [0.4, 0.5) is 5.13 Å². The lowest BCUT2D eigenvalue weighted by Gasteiger charge is -2.53. The molecule has 5 heterocycles. The second-order valence-electron chi connectivity index (χ2n) is 10.9. The third-order valence-corrected chi connectivity index (χ3v) is 10.8. The Hall–Kier alpha value is -4.51. The number of nitrogens with one attached hydrogen (secondary N) is 2. The van der Waals surface area contributed by atoms with E-state index in [1.54, 1.807) is 0 Å². The van der Waals surface area contributed by atoms with E-state index in [1.807, 2.05) is 5.43 Å². The molecule has 2 fully saturated rings. The van der Waals surface area contributed by atoms with Crippen LogP contribution >= 0.6 is 34.9 Å². The number of aromatic carboxylic acids is 1. The smallest absolute Gasteiger partial charge is 0.341 e. The van der Waals surface area contributed by atoms with E-state index < -0.39 is 58.7 Å². The Bertz CT molecular complexity index is 1810. The number of hydrogen-bond donors (Lipinski definition) is 7. The number of aromatic nitrogens is 4. The number of carboxylic acid groups (broad SMARTS) is 2. The summed E-state index contributed by atoms with van der Waals surface area (Å²) in [5.41, 5.74) is 4.42. The molecule has 0 saturated carbocycles. The van der Waals surface area contributed by atoms with Crippen LogP contribution in [0.1, 0.15) is 35.6 Å². The number of rotatable bonds is 12. The van der Waals surface area contributed by atoms with Crippen molar-refractivity contribution in [2.75, 3.05) is 23.8 Å². The molecule has 3 aromatic heterocycles. The number of hydrazine groups is 1. The molecule has 0 aliphatic carbocycles. The minimum Gasteiger partial charge on any atom is -0.481 e. The molecule has 2 aliphatic rings. The number of nitrogen functional groups attached to an aromatic ring is 1. The molecule has 3 atom stereocenters. The Kier molecular flexibility index (Phi) is 9.32. The zero-order chi connectivity index (χ0) is 34.3. The van der Waals surface area contributed by atoms with Crippen molar-refractivity contribution in [2.45, 2.75) is 42.5 Å². The molecule has 0 spiro atoms. The quantitative estimate of drug-likeness (QED) is 0.0219. The molecular weight excluding hydrogens is 681 g/mol. The molecule has 3 aromatic rings. The molecule has 2 unspecified atom stereocenters. The van der Waals surface area contributed by atoms with Gasteiger partial charge in [-0.1, -0.05) is 5.16 Å². The second kappa shape index (κ2) is 12.9. The number of thioether (sulfide) groups is 2. The highest BCUT2D eigenvalue weighted by Gasteiger charge is 2.57. The predicted octanol–water partition coefficient (Wildman–Crippen LogP) is -1.29. The molecule has 5 rings (SSSR count). The van der Waals surface area contributed by atoms with Crippen LogP contribution in [0.15, 0.2) is 27.8 Å². The number of carbonyl (C=O) groups excluding carboxylic acids is 3. The first-order valence-electron chi connectivity index (χ1n) is 13.5. The fourth-order valence-corrected chi connectivity index (χ4v) is 7.97. The molecule has 0 radical (unpaired) electrons. The van der Waals surface area contributed by atoms with Gasteiger partial charge in [-0.3, -0.25) is 24.6 Å². The Morgan fingerprint density at radius 3 is 2.64 bits per heavy atom. The standard InChI is InChI=1S/C25H28N10O9S3/c1-24(2,21(41)32-27)44-33-14(12-6-45-23(26)29-12)17(37)31-15-18(38)34-7-25(22(42)43,9-47-19(15)34)8-46-13-3-10(5-36)35-16(30-13)11(4-28-35)20(39)40/h3-4,6,15,19,36H,5,7-9,27H2,1-2H3,(H2,26,29)(H,31,37)(H,32,41)(H,39,40)(H,42,43)/t15?,19-,25?/m1/s1. The summed E-state index contributed by atoms with van der Waals surface area (Å²) in [5, 5.41) is 41.2. The zero-order valence-corrected chi connectivity index (χ0v) is 27.0. The molecule has 47 heavy (non-hydrogen) atoms. The van der Waals surface area contributed by atoms with Gasteiger partial charge in [0, 0.05) is 23.4 Å². The minimum absolute atomic E-state index is 0.00892. The molecule has 2 saturated heterocycles. The Labute approximate surface area is 277 Å². The first kappa shape index (κ1) is 33.8. The van der Waals surface area contributed by atoms with E-state index >= 15 is 0 Å². The molecule has 0 bridgehead atoms. The summed E-state index contributed by atoms with van der Waals surface area (Å²) < 4.78 is 1.19. The summed E-state index contributed by atoms with van der Waals surface area (Å²) in [7, 11) is 0. The van der Waals surface area contributed by atoms with Crippen molar-refractivity contribution in [3.05, 3.63) is 34.6 Å². The largest absolute Gasteiger partial charge is 0.481 e. The van der Waals surface area contributed by atoms with Gasteiger partial charge >= 0.3 is 11.9 Å². The molecule has 3 amide bonds. The fraction of sp³-hybridized carbons (Fsp3) is 0.400. The van der Waals surface area contributed by atoms with Gasteiger partial charge in [-0.2, -0.15) is 5.10 Å². The average molecular weight is 709 g/mol. The number of thiazole rings is 1. The summed E-state index contributed by atoms with van der Waals surface area (Å²) in [6.07, 6.45) is 1.11. The summed E-state index contributed by atoms with van der Waals surface area (Å²) in [5.74, 6) is 0.686. The number of carbonyl (C=O) groups is 5. The van der Waals surface area contributed by atoms with Gasteiger partial charge in [-0.25, -0.2) is 25.1 Å². The van der Waals surface area contributed by atoms with Gasteiger partial charge in [0.05, 0.1) is 18.5 Å². The summed E-state index contributed by atoms with van der Waals surface area (Å²) in [4.78, 5) is 77.8. The number of aliphatic hydroxyl groups is 1. The molecule has 22 heteroatoms. The van der Waals surface area contributed by atoms with E-state index in [1.165, 1.54) is 34.7 Å². The van der Waals surface area contributed by atoms with Gasteiger partial charge in [0.15, 0.2) is 16.5 Å². The molecule has 0 aromatic carbocycles. The van der Waals surface area contributed by atoms with Crippen molar-refractivity contribution in [3.63, 3.8) is 0 Å². The summed E-state index contributed by atoms with van der Waals surface area (Å²) in [6, 6.07) is 0.453. The number of nitrogens with two attached hydrogens (primary N) is 2. The summed E-state index contributed by atoms with van der Waals surface area (Å²) >= 11 is 3.23. The Morgan fingerprint density at radius 1 is 1.28 bits per heavy atom. The summed E-state index contributed by atoms with van der Waals surface area (Å²) in [6.45, 7) is 2.09. The third-order valence-electron chi connectivity index (χ3n) is 7.32. The number of nitrogens with zero attached hydrogens (tertiary/aromatic N) is 6. The van der Waals surface area contributed by atoms with Crippen molar-refractivity contribution >= 4 is 81.0 Å². The molecule has 19 nitrogen and oxygen atoms in total. The van der Waals surface area contributed by atoms with Crippen LogP contribution in [0.3, 0.4) is 0 Å². The van der Waals surface area contributed by atoms with Crippen molar-refractivity contribution in [3.8, 4) is 0 Å².